The first-order valence-electron chi connectivity index (χ1n) is 8.83. The van der Waals surface area contributed by atoms with Crippen LogP contribution in [0.15, 0.2) is 71.6 Å². The van der Waals surface area contributed by atoms with Crippen LogP contribution in [0.4, 0.5) is 11.4 Å². The van der Waals surface area contributed by atoms with Crippen LogP contribution >= 0.6 is 23.2 Å². The van der Waals surface area contributed by atoms with Crippen molar-refractivity contribution in [3.05, 3.63) is 87.9 Å². The molecule has 1 aliphatic heterocycles. The lowest BCUT2D eigenvalue weighted by Gasteiger charge is -2.18. The number of carbonyl (C=O) groups is 1. The van der Waals surface area contributed by atoms with Crippen LogP contribution in [0.1, 0.15) is 15.9 Å². The molecule has 8 heteroatoms. The number of fused-ring (bicyclic) bond motifs is 1. The van der Waals surface area contributed by atoms with Crippen LogP contribution in [0, 0.1) is 0 Å². The lowest BCUT2D eigenvalue weighted by Crippen LogP contribution is -2.28. The lowest BCUT2D eigenvalue weighted by molar-refractivity contribution is 0.0989. The Balaban J connectivity index is 1.61. The molecule has 29 heavy (non-hydrogen) atoms. The molecule has 5 nitrogen and oxygen atoms in total. The van der Waals surface area contributed by atoms with Gasteiger partial charge in [0.2, 0.25) is 0 Å². The predicted octanol–water partition coefficient (Wildman–Crippen LogP) is 5.00. The van der Waals surface area contributed by atoms with Crippen molar-refractivity contribution in [1.29, 1.82) is 0 Å². The van der Waals surface area contributed by atoms with Gasteiger partial charge in [-0.15, -0.1) is 0 Å². The van der Waals surface area contributed by atoms with E-state index in [-0.39, 0.29) is 26.5 Å². The Bertz CT molecular complexity index is 1210. The number of halogens is 2. The number of para-hydroxylation sites is 1. The maximum absolute atomic E-state index is 13.0. The van der Waals surface area contributed by atoms with Crippen molar-refractivity contribution in [3.8, 4) is 0 Å². The van der Waals surface area contributed by atoms with Gasteiger partial charge in [0.1, 0.15) is 4.90 Å². The molecule has 0 spiro atoms. The average molecular weight is 447 g/mol. The minimum Gasteiger partial charge on any atom is -0.308 e. The maximum atomic E-state index is 13.0. The minimum atomic E-state index is -3.97. The standard InChI is InChI=1S/C21H16Cl2N2O3S/c22-16-8-9-18(23)20(13-16)29(27,28)24-17-6-3-5-15(12-17)21(26)25-11-10-14-4-1-2-7-19(14)25/h1-9,12-13,24H,10-11H2. The van der Waals surface area contributed by atoms with E-state index in [9.17, 15) is 13.2 Å². The molecule has 1 amide bonds. The summed E-state index contributed by atoms with van der Waals surface area (Å²) >= 11 is 11.9. The van der Waals surface area contributed by atoms with Crippen molar-refractivity contribution in [1.82, 2.24) is 0 Å². The molecule has 1 N–H and O–H groups in total. The molecule has 0 unspecified atom stereocenters. The van der Waals surface area contributed by atoms with E-state index in [2.05, 4.69) is 4.72 Å². The Hall–Kier alpha value is -2.54. The SMILES string of the molecule is O=C(c1cccc(NS(=O)(=O)c2cc(Cl)ccc2Cl)c1)N1CCc2ccccc21. The normalized spacial score (nSPS) is 13.2. The molecule has 148 valence electrons. The smallest absolute Gasteiger partial charge is 0.263 e. The molecule has 3 aromatic carbocycles. The largest absolute Gasteiger partial charge is 0.308 e. The third-order valence-corrected chi connectivity index (χ3v) is 6.77. The number of rotatable bonds is 4. The van der Waals surface area contributed by atoms with E-state index in [1.165, 1.54) is 24.3 Å². The summed E-state index contributed by atoms with van der Waals surface area (Å²) in [6.45, 7) is 0.590. The monoisotopic (exact) mass is 446 g/mol. The summed E-state index contributed by atoms with van der Waals surface area (Å²) in [5, 5.41) is 0.314. The summed E-state index contributed by atoms with van der Waals surface area (Å²) in [6, 6.07) is 18.3. The fourth-order valence-electron chi connectivity index (χ4n) is 3.31. The van der Waals surface area contributed by atoms with Gasteiger partial charge in [0.05, 0.1) is 5.02 Å². The topological polar surface area (TPSA) is 66.5 Å². The summed E-state index contributed by atoms with van der Waals surface area (Å²) in [5.41, 5.74) is 2.65. The van der Waals surface area contributed by atoms with Crippen LogP contribution in [0.3, 0.4) is 0 Å². The molecule has 0 saturated carbocycles. The lowest BCUT2D eigenvalue weighted by atomic mass is 10.1. The molecule has 0 aliphatic carbocycles. The number of benzene rings is 3. The molecule has 0 fully saturated rings. The zero-order chi connectivity index (χ0) is 20.6. The van der Waals surface area contributed by atoms with Crippen molar-refractivity contribution >= 4 is 50.5 Å². The molecule has 1 heterocycles. The highest BCUT2D eigenvalue weighted by Crippen LogP contribution is 2.30. The van der Waals surface area contributed by atoms with Crippen molar-refractivity contribution in [2.24, 2.45) is 0 Å². The van der Waals surface area contributed by atoms with Gasteiger partial charge in [-0.25, -0.2) is 8.42 Å². The molecular formula is C21H16Cl2N2O3S. The van der Waals surface area contributed by atoms with Crippen LogP contribution in [0.2, 0.25) is 10.0 Å². The van der Waals surface area contributed by atoms with Gasteiger partial charge in [-0.3, -0.25) is 9.52 Å². The van der Waals surface area contributed by atoms with E-state index in [0.29, 0.717) is 12.1 Å². The van der Waals surface area contributed by atoms with Crippen LogP contribution in [-0.4, -0.2) is 20.9 Å². The first kappa shape index (κ1) is 19.8. The van der Waals surface area contributed by atoms with E-state index in [4.69, 9.17) is 23.2 Å². The molecule has 0 saturated heterocycles. The number of hydrogen-bond acceptors (Lipinski definition) is 3. The van der Waals surface area contributed by atoms with Gasteiger partial charge < -0.3 is 4.90 Å². The Labute approximate surface area is 178 Å². The average Bonchev–Trinajstić information content (AvgIpc) is 3.13. The van der Waals surface area contributed by atoms with E-state index in [0.717, 1.165) is 17.7 Å². The summed E-state index contributed by atoms with van der Waals surface area (Å²) < 4.78 is 27.9. The molecule has 0 atom stereocenters. The molecule has 3 aromatic rings. The van der Waals surface area contributed by atoms with Gasteiger partial charge >= 0.3 is 0 Å². The second-order valence-corrected chi connectivity index (χ2v) is 9.09. The van der Waals surface area contributed by atoms with E-state index < -0.39 is 10.0 Å². The predicted molar refractivity (Wildman–Crippen MR) is 116 cm³/mol. The molecule has 0 aromatic heterocycles. The number of hydrogen-bond donors (Lipinski definition) is 1. The van der Waals surface area contributed by atoms with Crippen LogP contribution < -0.4 is 9.62 Å². The molecule has 0 bridgehead atoms. The van der Waals surface area contributed by atoms with Crippen molar-refractivity contribution < 1.29 is 13.2 Å². The fraction of sp³-hybridized carbons (Fsp3) is 0.0952. The maximum Gasteiger partial charge on any atom is 0.263 e. The first-order chi connectivity index (χ1) is 13.8. The summed E-state index contributed by atoms with van der Waals surface area (Å²) in [7, 11) is -3.97. The number of nitrogens with zero attached hydrogens (tertiary/aromatic N) is 1. The Morgan fingerprint density at radius 2 is 1.76 bits per heavy atom. The first-order valence-corrected chi connectivity index (χ1v) is 11.1. The van der Waals surface area contributed by atoms with Crippen LogP contribution in [0.5, 0.6) is 0 Å². The molecular weight excluding hydrogens is 431 g/mol. The minimum absolute atomic E-state index is 0.0582. The second-order valence-electron chi connectivity index (χ2n) is 6.60. The summed E-state index contributed by atoms with van der Waals surface area (Å²) in [6.07, 6.45) is 0.793. The zero-order valence-corrected chi connectivity index (χ0v) is 17.4. The molecule has 0 radical (unpaired) electrons. The van der Waals surface area contributed by atoms with Gasteiger partial charge in [0.25, 0.3) is 15.9 Å². The quantitative estimate of drug-likeness (QED) is 0.613. The fourth-order valence-corrected chi connectivity index (χ4v) is 5.13. The van der Waals surface area contributed by atoms with Gasteiger partial charge in [-0.05, 0) is 54.4 Å². The second kappa shape index (κ2) is 7.71. The summed E-state index contributed by atoms with van der Waals surface area (Å²) in [5.74, 6) is -0.184. The molecule has 1 aliphatic rings. The highest BCUT2D eigenvalue weighted by Gasteiger charge is 2.25. The van der Waals surface area contributed by atoms with E-state index in [1.54, 1.807) is 23.1 Å². The van der Waals surface area contributed by atoms with Crippen molar-refractivity contribution in [2.75, 3.05) is 16.2 Å². The van der Waals surface area contributed by atoms with Gasteiger partial charge in [0.15, 0.2) is 0 Å². The number of anilines is 2. The number of carbonyl (C=O) groups excluding carboxylic acids is 1. The third kappa shape index (κ3) is 3.96. The Kier molecular flexibility index (Phi) is 5.25. The highest BCUT2D eigenvalue weighted by molar-refractivity contribution is 7.92. The van der Waals surface area contributed by atoms with Crippen LogP contribution in [-0.2, 0) is 16.4 Å². The number of amides is 1. The van der Waals surface area contributed by atoms with Crippen molar-refractivity contribution in [3.63, 3.8) is 0 Å². The van der Waals surface area contributed by atoms with Gasteiger partial charge in [-0.1, -0.05) is 47.5 Å². The third-order valence-electron chi connectivity index (χ3n) is 4.68. The Morgan fingerprint density at radius 1 is 0.966 bits per heavy atom. The zero-order valence-electron chi connectivity index (χ0n) is 15.1. The summed E-state index contributed by atoms with van der Waals surface area (Å²) in [4.78, 5) is 14.6. The van der Waals surface area contributed by atoms with Gasteiger partial charge in [0, 0.05) is 28.5 Å². The Morgan fingerprint density at radius 3 is 2.59 bits per heavy atom. The van der Waals surface area contributed by atoms with E-state index in [1.807, 2.05) is 24.3 Å². The number of sulfonamides is 1. The van der Waals surface area contributed by atoms with Gasteiger partial charge in [-0.2, -0.15) is 0 Å². The van der Waals surface area contributed by atoms with Crippen LogP contribution in [0.25, 0.3) is 0 Å². The van der Waals surface area contributed by atoms with E-state index >= 15 is 0 Å². The van der Waals surface area contributed by atoms with Crippen molar-refractivity contribution in [2.45, 2.75) is 11.3 Å². The number of nitrogens with one attached hydrogen (secondary N) is 1. The highest BCUT2D eigenvalue weighted by atomic mass is 35.5. The molecule has 4 rings (SSSR count).